The quantitative estimate of drug-likeness (QED) is 0.767. The van der Waals surface area contributed by atoms with Gasteiger partial charge in [-0.3, -0.25) is 4.79 Å². The van der Waals surface area contributed by atoms with E-state index in [0.29, 0.717) is 5.25 Å². The molecule has 3 N–H and O–H groups in total. The Labute approximate surface area is 96.6 Å². The highest BCUT2D eigenvalue weighted by Gasteiger charge is 2.25. The van der Waals surface area contributed by atoms with Crippen LogP contribution in [0.1, 0.15) is 32.6 Å². The van der Waals surface area contributed by atoms with Gasteiger partial charge in [-0.2, -0.15) is 11.8 Å². The first-order valence-electron chi connectivity index (χ1n) is 5.69. The summed E-state index contributed by atoms with van der Waals surface area (Å²) in [4.78, 5) is 11.8. The van der Waals surface area contributed by atoms with Gasteiger partial charge in [0.1, 0.15) is 0 Å². The Balaban J connectivity index is 2.26. The van der Waals surface area contributed by atoms with Gasteiger partial charge >= 0.3 is 0 Å². The van der Waals surface area contributed by atoms with Crippen molar-refractivity contribution in [1.82, 2.24) is 5.32 Å². The van der Waals surface area contributed by atoms with Gasteiger partial charge in [0.25, 0.3) is 0 Å². The summed E-state index contributed by atoms with van der Waals surface area (Å²) in [6, 6.07) is 0.229. The third-order valence-corrected chi connectivity index (χ3v) is 4.02. The second kappa shape index (κ2) is 6.38. The van der Waals surface area contributed by atoms with Gasteiger partial charge in [0.2, 0.25) is 5.91 Å². The van der Waals surface area contributed by atoms with Gasteiger partial charge in [-0.1, -0.05) is 13.3 Å². The molecule has 3 nitrogen and oxygen atoms in total. The number of carbonyl (C=O) groups excluding carboxylic acids is 1. The van der Waals surface area contributed by atoms with Crippen LogP contribution in [0.15, 0.2) is 0 Å². The lowest BCUT2D eigenvalue weighted by Gasteiger charge is -2.26. The molecule has 1 aliphatic rings. The van der Waals surface area contributed by atoms with Gasteiger partial charge in [-0.25, -0.2) is 0 Å². The molecule has 1 rings (SSSR count). The van der Waals surface area contributed by atoms with E-state index >= 15 is 0 Å². The zero-order chi connectivity index (χ0) is 11.3. The molecule has 1 fully saturated rings. The largest absolute Gasteiger partial charge is 0.355 e. The molecule has 0 saturated heterocycles. The lowest BCUT2D eigenvalue weighted by Crippen LogP contribution is -2.39. The van der Waals surface area contributed by atoms with Gasteiger partial charge < -0.3 is 11.1 Å². The number of nitrogens with one attached hydrogen (secondary N) is 1. The number of hydrogen-bond acceptors (Lipinski definition) is 3. The lowest BCUT2D eigenvalue weighted by atomic mass is 9.85. The molecule has 0 spiro atoms. The highest BCUT2D eigenvalue weighted by Crippen LogP contribution is 2.23. The first kappa shape index (κ1) is 12.8. The Morgan fingerprint density at radius 3 is 2.93 bits per heavy atom. The van der Waals surface area contributed by atoms with E-state index in [9.17, 15) is 4.79 Å². The van der Waals surface area contributed by atoms with Crippen molar-refractivity contribution in [3.63, 3.8) is 0 Å². The summed E-state index contributed by atoms with van der Waals surface area (Å²) in [7, 11) is 0. The summed E-state index contributed by atoms with van der Waals surface area (Å²) >= 11 is 1.77. The van der Waals surface area contributed by atoms with Crippen molar-refractivity contribution < 1.29 is 4.79 Å². The molecule has 88 valence electrons. The van der Waals surface area contributed by atoms with E-state index in [4.69, 9.17) is 5.73 Å². The van der Waals surface area contributed by atoms with Crippen LogP contribution in [-0.2, 0) is 4.79 Å². The maximum atomic E-state index is 11.8. The average Bonchev–Trinajstić information content (AvgIpc) is 2.25. The van der Waals surface area contributed by atoms with E-state index in [1.165, 1.54) is 0 Å². The van der Waals surface area contributed by atoms with E-state index in [1.54, 1.807) is 11.8 Å². The van der Waals surface area contributed by atoms with E-state index in [2.05, 4.69) is 18.5 Å². The summed E-state index contributed by atoms with van der Waals surface area (Å²) in [6.07, 6.45) is 6.10. The van der Waals surface area contributed by atoms with Crippen molar-refractivity contribution in [3.05, 3.63) is 0 Å². The molecule has 0 radical (unpaired) electrons. The molecule has 0 aromatic heterocycles. The third kappa shape index (κ3) is 4.43. The van der Waals surface area contributed by atoms with Crippen molar-refractivity contribution in [2.24, 2.45) is 11.7 Å². The van der Waals surface area contributed by atoms with Gasteiger partial charge in [-0.15, -0.1) is 0 Å². The maximum Gasteiger partial charge on any atom is 0.223 e. The van der Waals surface area contributed by atoms with Crippen molar-refractivity contribution in [3.8, 4) is 0 Å². The molecule has 0 aromatic rings. The fraction of sp³-hybridized carbons (Fsp3) is 0.909. The molecule has 1 aliphatic carbocycles. The van der Waals surface area contributed by atoms with E-state index < -0.39 is 0 Å². The van der Waals surface area contributed by atoms with E-state index in [-0.39, 0.29) is 17.9 Å². The van der Waals surface area contributed by atoms with Gasteiger partial charge in [0, 0.05) is 23.8 Å². The molecule has 15 heavy (non-hydrogen) atoms. The smallest absolute Gasteiger partial charge is 0.223 e. The molecule has 0 aliphatic heterocycles. The minimum absolute atomic E-state index is 0.155. The molecular weight excluding hydrogens is 208 g/mol. The van der Waals surface area contributed by atoms with Crippen LogP contribution in [0.3, 0.4) is 0 Å². The summed E-state index contributed by atoms with van der Waals surface area (Å²) in [6.45, 7) is 2.89. The minimum Gasteiger partial charge on any atom is -0.355 e. The molecule has 0 aromatic carbocycles. The van der Waals surface area contributed by atoms with Gasteiger partial charge in [-0.05, 0) is 25.5 Å². The summed E-state index contributed by atoms with van der Waals surface area (Å²) in [5, 5.41) is 3.50. The van der Waals surface area contributed by atoms with Crippen molar-refractivity contribution in [2.75, 3.05) is 12.8 Å². The van der Waals surface area contributed by atoms with Gasteiger partial charge in [0.05, 0.1) is 0 Å². The molecule has 0 heterocycles. The van der Waals surface area contributed by atoms with Crippen molar-refractivity contribution >= 4 is 17.7 Å². The highest BCUT2D eigenvalue weighted by atomic mass is 32.2. The summed E-state index contributed by atoms with van der Waals surface area (Å²) < 4.78 is 0. The van der Waals surface area contributed by atoms with E-state index in [1.807, 2.05) is 0 Å². The zero-order valence-electron chi connectivity index (χ0n) is 9.66. The average molecular weight is 230 g/mol. The zero-order valence-corrected chi connectivity index (χ0v) is 10.5. The number of hydrogen-bond donors (Lipinski definition) is 2. The fourth-order valence-electron chi connectivity index (χ4n) is 1.94. The third-order valence-electron chi connectivity index (χ3n) is 3.05. The standard InChI is InChI=1S/C11H22N2OS/c1-8(15-2)7-13-11(14)9-4-3-5-10(12)6-9/h8-10H,3-7,12H2,1-2H3,(H,13,14). The van der Waals surface area contributed by atoms with Gasteiger partial charge in [0.15, 0.2) is 0 Å². The molecule has 1 amide bonds. The first-order chi connectivity index (χ1) is 7.13. The normalized spacial score (nSPS) is 28.5. The van der Waals surface area contributed by atoms with Crippen LogP contribution >= 0.6 is 11.8 Å². The predicted molar refractivity (Wildman–Crippen MR) is 65.9 cm³/mol. The Kier molecular flexibility index (Phi) is 5.47. The topological polar surface area (TPSA) is 55.1 Å². The van der Waals surface area contributed by atoms with Crippen LogP contribution in [0.4, 0.5) is 0 Å². The van der Waals surface area contributed by atoms with Crippen LogP contribution in [0, 0.1) is 5.92 Å². The Hall–Kier alpha value is -0.220. The van der Waals surface area contributed by atoms with Crippen LogP contribution in [-0.4, -0.2) is 30.0 Å². The second-order valence-electron chi connectivity index (χ2n) is 4.42. The van der Waals surface area contributed by atoms with Crippen molar-refractivity contribution in [2.45, 2.75) is 43.9 Å². The monoisotopic (exact) mass is 230 g/mol. The molecule has 0 bridgehead atoms. The van der Waals surface area contributed by atoms with Crippen LogP contribution in [0.5, 0.6) is 0 Å². The Morgan fingerprint density at radius 1 is 1.60 bits per heavy atom. The lowest BCUT2D eigenvalue weighted by molar-refractivity contribution is -0.126. The number of carbonyl (C=O) groups is 1. The molecule has 1 saturated carbocycles. The Morgan fingerprint density at radius 2 is 2.33 bits per heavy atom. The Bertz CT molecular complexity index is 211. The van der Waals surface area contributed by atoms with Crippen molar-refractivity contribution in [1.29, 1.82) is 0 Å². The molecule has 4 heteroatoms. The summed E-state index contributed by atoms with van der Waals surface area (Å²) in [5.74, 6) is 0.355. The van der Waals surface area contributed by atoms with Crippen LogP contribution < -0.4 is 11.1 Å². The number of rotatable bonds is 4. The number of amides is 1. The van der Waals surface area contributed by atoms with Crippen LogP contribution in [0.2, 0.25) is 0 Å². The number of nitrogens with two attached hydrogens (primary N) is 1. The molecule has 3 atom stereocenters. The van der Waals surface area contributed by atoms with Crippen LogP contribution in [0.25, 0.3) is 0 Å². The minimum atomic E-state index is 0.155. The maximum absolute atomic E-state index is 11.8. The highest BCUT2D eigenvalue weighted by molar-refractivity contribution is 7.99. The summed E-state index contributed by atoms with van der Waals surface area (Å²) in [5.41, 5.74) is 5.86. The second-order valence-corrected chi connectivity index (χ2v) is 5.69. The van der Waals surface area contributed by atoms with E-state index in [0.717, 1.165) is 32.2 Å². The molecular formula is C11H22N2OS. The number of thioether (sulfide) groups is 1. The SMILES string of the molecule is CSC(C)CNC(=O)C1CCCC(N)C1. The fourth-order valence-corrected chi connectivity index (χ4v) is 2.19. The predicted octanol–water partition coefficient (Wildman–Crippen LogP) is 1.37. The first-order valence-corrected chi connectivity index (χ1v) is 6.98. The molecule has 3 unspecified atom stereocenters.